The normalized spacial score (nSPS) is 12.8. The maximum absolute atomic E-state index is 4.43. The Hall–Kier alpha value is -1.06. The summed E-state index contributed by atoms with van der Waals surface area (Å²) in [4.78, 5) is 4.43. The minimum atomic E-state index is 0.423. The summed E-state index contributed by atoms with van der Waals surface area (Å²) >= 11 is 1.97. The summed E-state index contributed by atoms with van der Waals surface area (Å²) in [6.07, 6.45) is 1.86. The van der Waals surface area contributed by atoms with Crippen molar-refractivity contribution in [3.63, 3.8) is 0 Å². The minimum Gasteiger partial charge on any atom is -0.310 e. The lowest BCUT2D eigenvalue weighted by molar-refractivity contribution is 0.606. The highest BCUT2D eigenvalue weighted by Crippen LogP contribution is 2.22. The molecule has 96 valence electrons. The molecule has 0 bridgehead atoms. The molecule has 0 saturated carbocycles. The quantitative estimate of drug-likeness (QED) is 0.858. The van der Waals surface area contributed by atoms with E-state index in [2.05, 4.69) is 48.4 Å². The van der Waals surface area contributed by atoms with E-state index in [4.69, 9.17) is 0 Å². The van der Waals surface area contributed by atoms with Gasteiger partial charge in [0.1, 0.15) is 0 Å². The molecule has 1 heterocycles. The number of hydrogen-bond acceptors (Lipinski definition) is 3. The van der Waals surface area contributed by atoms with Crippen LogP contribution in [0.15, 0.2) is 36.5 Å². The smallest absolute Gasteiger partial charge is 0.0705 e. The number of rotatable bonds is 6. The molecule has 0 fully saturated rings. The van der Waals surface area contributed by atoms with Crippen LogP contribution in [0.2, 0.25) is 0 Å². The largest absolute Gasteiger partial charge is 0.310 e. The summed E-state index contributed by atoms with van der Waals surface area (Å²) in [6.45, 7) is 5.35. The number of pyridine rings is 1. The van der Waals surface area contributed by atoms with Crippen molar-refractivity contribution in [1.82, 2.24) is 10.3 Å². The Bertz CT molecular complexity index is 499. The number of benzene rings is 1. The highest BCUT2D eigenvalue weighted by atomic mass is 32.2. The van der Waals surface area contributed by atoms with E-state index in [1.54, 1.807) is 0 Å². The van der Waals surface area contributed by atoms with E-state index in [1.807, 2.05) is 24.0 Å². The summed E-state index contributed by atoms with van der Waals surface area (Å²) in [5.41, 5.74) is 2.42. The SMILES string of the molecule is CCNC(CSCC)c1ccc2cccnc2c1. The number of hydrogen-bond donors (Lipinski definition) is 1. The van der Waals surface area contributed by atoms with Crippen LogP contribution < -0.4 is 5.32 Å². The molecule has 0 aliphatic heterocycles. The number of nitrogens with zero attached hydrogens (tertiary/aromatic N) is 1. The van der Waals surface area contributed by atoms with Crippen molar-refractivity contribution >= 4 is 22.7 Å². The predicted molar refractivity (Wildman–Crippen MR) is 81.2 cm³/mol. The number of thioether (sulfide) groups is 1. The maximum atomic E-state index is 4.43. The Kier molecular flexibility index (Phi) is 5.02. The van der Waals surface area contributed by atoms with Gasteiger partial charge in [-0.1, -0.05) is 32.0 Å². The van der Waals surface area contributed by atoms with Gasteiger partial charge in [-0.2, -0.15) is 11.8 Å². The van der Waals surface area contributed by atoms with E-state index in [-0.39, 0.29) is 0 Å². The van der Waals surface area contributed by atoms with E-state index in [9.17, 15) is 0 Å². The molecule has 0 spiro atoms. The summed E-state index contributed by atoms with van der Waals surface area (Å²) < 4.78 is 0. The second-order valence-corrected chi connectivity index (χ2v) is 5.54. The summed E-state index contributed by atoms with van der Waals surface area (Å²) in [5.74, 6) is 2.27. The molecule has 1 atom stereocenters. The van der Waals surface area contributed by atoms with Gasteiger partial charge in [-0.15, -0.1) is 0 Å². The first-order valence-corrected chi connectivity index (χ1v) is 7.66. The van der Waals surface area contributed by atoms with Crippen LogP contribution >= 0.6 is 11.8 Å². The molecule has 1 aromatic heterocycles. The van der Waals surface area contributed by atoms with Crippen LogP contribution in [0.4, 0.5) is 0 Å². The van der Waals surface area contributed by atoms with Crippen LogP contribution in [-0.4, -0.2) is 23.0 Å². The van der Waals surface area contributed by atoms with E-state index in [0.29, 0.717) is 6.04 Å². The van der Waals surface area contributed by atoms with Crippen LogP contribution in [0.3, 0.4) is 0 Å². The van der Waals surface area contributed by atoms with Gasteiger partial charge >= 0.3 is 0 Å². The predicted octanol–water partition coefficient (Wildman–Crippen LogP) is 3.64. The van der Waals surface area contributed by atoms with Crippen LogP contribution in [0.1, 0.15) is 25.5 Å². The number of fused-ring (bicyclic) bond motifs is 1. The summed E-state index contributed by atoms with van der Waals surface area (Å²) in [6, 6.07) is 11.1. The Balaban J connectivity index is 2.25. The highest BCUT2D eigenvalue weighted by molar-refractivity contribution is 7.99. The van der Waals surface area contributed by atoms with Crippen LogP contribution in [0.5, 0.6) is 0 Å². The molecule has 0 aliphatic rings. The molecule has 0 saturated heterocycles. The summed E-state index contributed by atoms with van der Waals surface area (Å²) in [5, 5.41) is 4.76. The average molecular weight is 260 g/mol. The monoisotopic (exact) mass is 260 g/mol. The van der Waals surface area contributed by atoms with Gasteiger partial charge in [0.2, 0.25) is 0 Å². The highest BCUT2D eigenvalue weighted by Gasteiger charge is 2.10. The van der Waals surface area contributed by atoms with Crippen molar-refractivity contribution in [2.75, 3.05) is 18.1 Å². The van der Waals surface area contributed by atoms with Gasteiger partial charge in [-0.05, 0) is 30.0 Å². The fourth-order valence-corrected chi connectivity index (χ4v) is 2.84. The van der Waals surface area contributed by atoms with Crippen molar-refractivity contribution < 1.29 is 0 Å². The van der Waals surface area contributed by atoms with Crippen molar-refractivity contribution in [3.8, 4) is 0 Å². The topological polar surface area (TPSA) is 24.9 Å². The lowest BCUT2D eigenvalue weighted by atomic mass is 10.1. The molecule has 2 nitrogen and oxygen atoms in total. The zero-order chi connectivity index (χ0) is 12.8. The molecule has 0 aliphatic carbocycles. The molecule has 18 heavy (non-hydrogen) atoms. The van der Waals surface area contributed by atoms with Crippen LogP contribution in [0.25, 0.3) is 10.9 Å². The van der Waals surface area contributed by atoms with Gasteiger partial charge < -0.3 is 5.32 Å². The first-order chi connectivity index (χ1) is 8.85. The molecule has 0 amide bonds. The summed E-state index contributed by atoms with van der Waals surface area (Å²) in [7, 11) is 0. The Morgan fingerprint density at radius 1 is 1.28 bits per heavy atom. The zero-order valence-electron chi connectivity index (χ0n) is 11.0. The van der Waals surface area contributed by atoms with Gasteiger partial charge in [0.05, 0.1) is 5.52 Å². The minimum absolute atomic E-state index is 0.423. The molecule has 2 rings (SSSR count). The van der Waals surface area contributed by atoms with E-state index in [1.165, 1.54) is 10.9 Å². The Labute approximate surface area is 113 Å². The van der Waals surface area contributed by atoms with Crippen molar-refractivity contribution in [1.29, 1.82) is 0 Å². The lowest BCUT2D eigenvalue weighted by Gasteiger charge is -2.18. The van der Waals surface area contributed by atoms with Gasteiger partial charge in [0.15, 0.2) is 0 Å². The molecular formula is C15H20N2S. The standard InChI is InChI=1S/C15H20N2S/c1-3-16-15(11-18-4-2)13-8-7-12-6-5-9-17-14(12)10-13/h5-10,15-16H,3-4,11H2,1-2H3. The third kappa shape index (κ3) is 3.24. The third-order valence-corrected chi connectivity index (χ3v) is 3.95. The first-order valence-electron chi connectivity index (χ1n) is 6.51. The molecule has 2 aromatic rings. The lowest BCUT2D eigenvalue weighted by Crippen LogP contribution is -2.23. The maximum Gasteiger partial charge on any atom is 0.0705 e. The van der Waals surface area contributed by atoms with Gasteiger partial charge in [0.25, 0.3) is 0 Å². The van der Waals surface area contributed by atoms with Crippen molar-refractivity contribution in [2.45, 2.75) is 19.9 Å². The fraction of sp³-hybridized carbons (Fsp3) is 0.400. The Morgan fingerprint density at radius 3 is 2.94 bits per heavy atom. The van der Waals surface area contributed by atoms with Crippen molar-refractivity contribution in [2.24, 2.45) is 0 Å². The molecule has 1 unspecified atom stereocenters. The molecule has 1 N–H and O–H groups in total. The second-order valence-electron chi connectivity index (χ2n) is 4.23. The first kappa shape index (κ1) is 13.4. The second kappa shape index (κ2) is 6.76. The van der Waals surface area contributed by atoms with Crippen molar-refractivity contribution in [3.05, 3.63) is 42.1 Å². The van der Waals surface area contributed by atoms with E-state index >= 15 is 0 Å². The molecule has 3 heteroatoms. The van der Waals surface area contributed by atoms with Crippen LogP contribution in [-0.2, 0) is 0 Å². The Morgan fingerprint density at radius 2 is 2.17 bits per heavy atom. The number of aromatic nitrogens is 1. The molecule has 1 aromatic carbocycles. The van der Waals surface area contributed by atoms with Gasteiger partial charge in [0, 0.05) is 23.4 Å². The fourth-order valence-electron chi connectivity index (χ4n) is 2.06. The molecular weight excluding hydrogens is 240 g/mol. The van der Waals surface area contributed by atoms with Gasteiger partial charge in [-0.25, -0.2) is 0 Å². The third-order valence-electron chi connectivity index (χ3n) is 2.97. The van der Waals surface area contributed by atoms with Gasteiger partial charge in [-0.3, -0.25) is 4.98 Å². The van der Waals surface area contributed by atoms with E-state index in [0.717, 1.165) is 23.6 Å². The van der Waals surface area contributed by atoms with Crippen LogP contribution in [0, 0.1) is 0 Å². The zero-order valence-corrected chi connectivity index (χ0v) is 11.8. The molecule has 0 radical (unpaired) electrons. The average Bonchev–Trinajstić information content (AvgIpc) is 2.43. The number of nitrogens with one attached hydrogen (secondary N) is 1. The van der Waals surface area contributed by atoms with E-state index < -0.39 is 0 Å².